The molecule has 0 bridgehead atoms. The molecule has 0 aliphatic carbocycles. The second-order valence-corrected chi connectivity index (χ2v) is 2.97. The Kier molecular flexibility index (Phi) is 6.83. The summed E-state index contributed by atoms with van der Waals surface area (Å²) in [5.41, 5.74) is 0.729. The van der Waals surface area contributed by atoms with Crippen LogP contribution in [0, 0.1) is 0 Å². The van der Waals surface area contributed by atoms with E-state index in [1.54, 1.807) is 12.1 Å². The van der Waals surface area contributed by atoms with Crippen LogP contribution in [0.2, 0.25) is 0 Å². The van der Waals surface area contributed by atoms with Crippen LogP contribution in [0.4, 0.5) is 0 Å². The van der Waals surface area contributed by atoms with E-state index < -0.39 is 0 Å². The first-order valence-corrected chi connectivity index (χ1v) is 4.38. The minimum atomic E-state index is 0.634. The predicted molar refractivity (Wildman–Crippen MR) is 56.0 cm³/mol. The molecule has 0 aliphatic heterocycles. The molecule has 0 radical (unpaired) electrons. The molecule has 0 amide bonds. The highest BCUT2D eigenvalue weighted by atomic mass is 16.1. The Morgan fingerprint density at radius 3 is 1.92 bits per heavy atom. The molecule has 1 N–H and O–H groups in total. The number of aldehydes is 1. The van der Waals surface area contributed by atoms with Crippen molar-refractivity contribution >= 4 is 6.29 Å². The van der Waals surface area contributed by atoms with Crippen molar-refractivity contribution in [1.29, 1.82) is 0 Å². The molecule has 72 valence electrons. The minimum Gasteiger partial charge on any atom is -0.318 e. The van der Waals surface area contributed by atoms with Gasteiger partial charge in [-0.15, -0.1) is 0 Å². The van der Waals surface area contributed by atoms with Crippen LogP contribution in [0.1, 0.15) is 24.2 Å². The lowest BCUT2D eigenvalue weighted by molar-refractivity contribution is 0.112. The molecule has 0 saturated heterocycles. The van der Waals surface area contributed by atoms with Gasteiger partial charge in [-0.1, -0.05) is 44.2 Å². The third kappa shape index (κ3) is 7.22. The van der Waals surface area contributed by atoms with Crippen LogP contribution < -0.4 is 5.32 Å². The van der Waals surface area contributed by atoms with Crippen LogP contribution >= 0.6 is 0 Å². The highest BCUT2D eigenvalue weighted by molar-refractivity contribution is 5.74. The summed E-state index contributed by atoms with van der Waals surface area (Å²) in [6.07, 6.45) is 0.833. The summed E-state index contributed by atoms with van der Waals surface area (Å²) >= 11 is 0. The normalized spacial score (nSPS) is 8.92. The van der Waals surface area contributed by atoms with Crippen LogP contribution in [0.15, 0.2) is 30.3 Å². The van der Waals surface area contributed by atoms with Crippen molar-refractivity contribution in [2.45, 2.75) is 19.9 Å². The van der Waals surface area contributed by atoms with Gasteiger partial charge in [-0.3, -0.25) is 4.79 Å². The van der Waals surface area contributed by atoms with Crippen molar-refractivity contribution in [1.82, 2.24) is 5.32 Å². The Balaban J connectivity index is 0.000000252. The minimum absolute atomic E-state index is 0.634. The molecule has 2 heteroatoms. The molecule has 2 nitrogen and oxygen atoms in total. The number of hydrogen-bond acceptors (Lipinski definition) is 2. The predicted octanol–water partition coefficient (Wildman–Crippen LogP) is 2.11. The largest absolute Gasteiger partial charge is 0.318 e. The van der Waals surface area contributed by atoms with Crippen molar-refractivity contribution in [2.75, 3.05) is 7.05 Å². The van der Waals surface area contributed by atoms with Crippen molar-refractivity contribution in [3.05, 3.63) is 35.9 Å². The fourth-order valence-corrected chi connectivity index (χ4v) is 0.532. The zero-order valence-corrected chi connectivity index (χ0v) is 8.45. The molecule has 0 unspecified atom stereocenters. The summed E-state index contributed by atoms with van der Waals surface area (Å²) in [7, 11) is 1.95. The van der Waals surface area contributed by atoms with Gasteiger partial charge in [0.1, 0.15) is 6.29 Å². The Morgan fingerprint density at radius 1 is 1.23 bits per heavy atom. The maximum Gasteiger partial charge on any atom is 0.150 e. The maximum atomic E-state index is 10.0. The van der Waals surface area contributed by atoms with Crippen LogP contribution in [-0.2, 0) is 0 Å². The lowest BCUT2D eigenvalue weighted by Gasteiger charge is -1.95. The van der Waals surface area contributed by atoms with Gasteiger partial charge in [0.15, 0.2) is 0 Å². The monoisotopic (exact) mass is 179 g/mol. The smallest absolute Gasteiger partial charge is 0.150 e. The molecule has 0 saturated carbocycles. The summed E-state index contributed by atoms with van der Waals surface area (Å²) in [6.45, 7) is 4.22. The molecular weight excluding hydrogens is 162 g/mol. The zero-order valence-electron chi connectivity index (χ0n) is 8.45. The molecule has 0 aromatic heterocycles. The second kappa shape index (κ2) is 7.50. The van der Waals surface area contributed by atoms with Gasteiger partial charge in [0, 0.05) is 11.6 Å². The van der Waals surface area contributed by atoms with Crippen molar-refractivity contribution in [2.24, 2.45) is 0 Å². The zero-order chi connectivity index (χ0) is 10.1. The average molecular weight is 179 g/mol. The van der Waals surface area contributed by atoms with Gasteiger partial charge < -0.3 is 5.32 Å². The molecule has 0 atom stereocenters. The fraction of sp³-hybridized carbons (Fsp3) is 0.364. The van der Waals surface area contributed by atoms with E-state index in [1.165, 1.54) is 0 Å². The van der Waals surface area contributed by atoms with Crippen molar-refractivity contribution in [3.63, 3.8) is 0 Å². The summed E-state index contributed by atoms with van der Waals surface area (Å²) in [5.74, 6) is 0. The number of rotatable bonds is 2. The highest BCUT2D eigenvalue weighted by Gasteiger charge is 1.80. The van der Waals surface area contributed by atoms with E-state index in [-0.39, 0.29) is 0 Å². The van der Waals surface area contributed by atoms with Gasteiger partial charge >= 0.3 is 0 Å². The number of benzene rings is 1. The molecule has 0 heterocycles. The third-order valence-corrected chi connectivity index (χ3v) is 1.51. The Morgan fingerprint density at radius 2 is 1.69 bits per heavy atom. The topological polar surface area (TPSA) is 29.1 Å². The lowest BCUT2D eigenvalue weighted by Crippen LogP contribution is -2.15. The molecule has 1 aromatic carbocycles. The van der Waals surface area contributed by atoms with Crippen LogP contribution in [-0.4, -0.2) is 19.4 Å². The summed E-state index contributed by atoms with van der Waals surface area (Å²) in [4.78, 5) is 10.0. The lowest BCUT2D eigenvalue weighted by atomic mass is 10.2. The first-order valence-electron chi connectivity index (χ1n) is 4.38. The van der Waals surface area contributed by atoms with Crippen LogP contribution in [0.3, 0.4) is 0 Å². The number of carbonyl (C=O) groups excluding carboxylic acids is 1. The quantitative estimate of drug-likeness (QED) is 0.704. The number of carbonyl (C=O) groups is 1. The average Bonchev–Trinajstić information content (AvgIpc) is 2.20. The molecule has 1 aromatic rings. The van der Waals surface area contributed by atoms with Gasteiger partial charge in [-0.2, -0.15) is 0 Å². The van der Waals surface area contributed by atoms with E-state index in [0.717, 1.165) is 11.8 Å². The summed E-state index contributed by atoms with van der Waals surface area (Å²) in [6, 6.07) is 9.73. The molecular formula is C11H17NO. The van der Waals surface area contributed by atoms with Crippen molar-refractivity contribution in [3.8, 4) is 0 Å². The first-order chi connectivity index (χ1) is 6.20. The molecule has 0 spiro atoms. The Hall–Kier alpha value is -1.15. The van der Waals surface area contributed by atoms with Gasteiger partial charge in [0.05, 0.1) is 0 Å². The van der Waals surface area contributed by atoms with E-state index in [2.05, 4.69) is 19.2 Å². The Labute approximate surface area is 80.0 Å². The highest BCUT2D eigenvalue weighted by Crippen LogP contribution is 1.91. The molecule has 0 aliphatic rings. The second-order valence-electron chi connectivity index (χ2n) is 2.97. The number of nitrogens with one attached hydrogen (secondary N) is 1. The van der Waals surface area contributed by atoms with E-state index in [1.807, 2.05) is 25.2 Å². The third-order valence-electron chi connectivity index (χ3n) is 1.51. The summed E-state index contributed by atoms with van der Waals surface area (Å²) in [5, 5.41) is 3.03. The van der Waals surface area contributed by atoms with E-state index >= 15 is 0 Å². The number of hydrogen-bond donors (Lipinski definition) is 1. The van der Waals surface area contributed by atoms with Gasteiger partial charge in [-0.05, 0) is 7.05 Å². The van der Waals surface area contributed by atoms with Gasteiger partial charge in [0.25, 0.3) is 0 Å². The SMILES string of the molecule is CNC(C)C.O=Cc1ccccc1. The molecule has 0 fully saturated rings. The van der Waals surface area contributed by atoms with Gasteiger partial charge in [-0.25, -0.2) is 0 Å². The Bertz CT molecular complexity index is 219. The first kappa shape index (κ1) is 11.8. The maximum absolute atomic E-state index is 10.0. The standard InChI is InChI=1S/C7H6O.C4H11N/c8-6-7-4-2-1-3-5-7;1-4(2)5-3/h1-6H;4-5H,1-3H3. The molecule has 13 heavy (non-hydrogen) atoms. The molecule has 1 rings (SSSR count). The van der Waals surface area contributed by atoms with Gasteiger partial charge in [0.2, 0.25) is 0 Å². The van der Waals surface area contributed by atoms with Crippen LogP contribution in [0.5, 0.6) is 0 Å². The van der Waals surface area contributed by atoms with E-state index in [4.69, 9.17) is 0 Å². The van der Waals surface area contributed by atoms with E-state index in [0.29, 0.717) is 6.04 Å². The fourth-order valence-electron chi connectivity index (χ4n) is 0.532. The van der Waals surface area contributed by atoms with Crippen LogP contribution in [0.25, 0.3) is 0 Å². The van der Waals surface area contributed by atoms with Crippen molar-refractivity contribution < 1.29 is 4.79 Å². The summed E-state index contributed by atoms with van der Waals surface area (Å²) < 4.78 is 0. The van der Waals surface area contributed by atoms with E-state index in [9.17, 15) is 4.79 Å².